The lowest BCUT2D eigenvalue weighted by Gasteiger charge is -2.33. The van der Waals surface area contributed by atoms with Crippen molar-refractivity contribution < 1.29 is 23.5 Å². The summed E-state index contributed by atoms with van der Waals surface area (Å²) in [5.41, 5.74) is 0.0726. The van der Waals surface area contributed by atoms with Crippen molar-refractivity contribution in [2.45, 2.75) is 38.9 Å². The minimum atomic E-state index is -0.959. The molecule has 6 nitrogen and oxygen atoms in total. The van der Waals surface area contributed by atoms with Crippen molar-refractivity contribution >= 4 is 23.2 Å². The molecule has 1 aromatic heterocycles. The highest BCUT2D eigenvalue weighted by atomic mass is 32.1. The smallest absolute Gasteiger partial charge is 0.255 e. The minimum absolute atomic E-state index is 0.0972. The van der Waals surface area contributed by atoms with E-state index >= 15 is 0 Å². The Bertz CT molecular complexity index is 1140. The number of amides is 2. The maximum absolute atomic E-state index is 14.6. The van der Waals surface area contributed by atoms with Crippen LogP contribution in [0.3, 0.4) is 0 Å². The Labute approximate surface area is 203 Å². The largest absolute Gasteiger partial charge is 0.493 e. The first kappa shape index (κ1) is 25.2. The van der Waals surface area contributed by atoms with Gasteiger partial charge in [0.05, 0.1) is 20.8 Å². The molecule has 3 aromatic rings. The van der Waals surface area contributed by atoms with Crippen LogP contribution in [0.25, 0.3) is 0 Å². The summed E-state index contributed by atoms with van der Waals surface area (Å²) in [5.74, 6) is -0.383. The summed E-state index contributed by atoms with van der Waals surface area (Å²) in [6.07, 6.45) is 0. The number of hydrogen-bond donors (Lipinski definition) is 1. The van der Waals surface area contributed by atoms with Crippen molar-refractivity contribution in [1.82, 2.24) is 10.2 Å². The predicted octanol–water partition coefficient (Wildman–Crippen LogP) is 5.20. The molecular formula is C26H29FN2O4S. The molecular weight excluding hydrogens is 455 g/mol. The first-order valence-electron chi connectivity index (χ1n) is 10.8. The fraction of sp³-hybridized carbons (Fsp3) is 0.308. The number of thiophene rings is 1. The van der Waals surface area contributed by atoms with E-state index in [1.54, 1.807) is 42.5 Å². The first-order chi connectivity index (χ1) is 16.1. The highest BCUT2D eigenvalue weighted by molar-refractivity contribution is 7.10. The van der Waals surface area contributed by atoms with Crippen LogP contribution in [0, 0.1) is 5.82 Å². The molecule has 1 heterocycles. The molecule has 0 aliphatic carbocycles. The number of hydrogen-bond acceptors (Lipinski definition) is 5. The molecule has 2 aromatic carbocycles. The summed E-state index contributed by atoms with van der Waals surface area (Å²) in [7, 11) is 2.99. The molecule has 180 valence electrons. The average Bonchev–Trinajstić information content (AvgIpc) is 3.32. The van der Waals surface area contributed by atoms with E-state index in [-0.39, 0.29) is 12.5 Å². The third-order valence-corrected chi connectivity index (χ3v) is 5.99. The maximum atomic E-state index is 14.6. The fourth-order valence-electron chi connectivity index (χ4n) is 3.53. The molecule has 0 saturated carbocycles. The van der Waals surface area contributed by atoms with Crippen molar-refractivity contribution in [3.05, 3.63) is 81.8 Å². The van der Waals surface area contributed by atoms with Gasteiger partial charge in [0, 0.05) is 21.5 Å². The summed E-state index contributed by atoms with van der Waals surface area (Å²) in [5, 5.41) is 4.81. The Kier molecular flexibility index (Phi) is 7.94. The van der Waals surface area contributed by atoms with Crippen molar-refractivity contribution in [1.29, 1.82) is 0 Å². The normalized spacial score (nSPS) is 12.1. The van der Waals surface area contributed by atoms with Crippen LogP contribution in [0.15, 0.2) is 60.0 Å². The highest BCUT2D eigenvalue weighted by Crippen LogP contribution is 2.33. The van der Waals surface area contributed by atoms with E-state index in [1.165, 1.54) is 36.5 Å². The van der Waals surface area contributed by atoms with Crippen LogP contribution in [0.1, 0.15) is 47.6 Å². The van der Waals surface area contributed by atoms with E-state index in [0.29, 0.717) is 27.5 Å². The van der Waals surface area contributed by atoms with E-state index in [9.17, 15) is 14.0 Å². The molecule has 0 fully saturated rings. The molecule has 1 N–H and O–H groups in total. The summed E-state index contributed by atoms with van der Waals surface area (Å²) < 4.78 is 25.3. The lowest BCUT2D eigenvalue weighted by Crippen LogP contribution is -2.49. The number of rotatable bonds is 8. The predicted molar refractivity (Wildman–Crippen MR) is 131 cm³/mol. The van der Waals surface area contributed by atoms with Gasteiger partial charge in [-0.1, -0.05) is 24.3 Å². The molecule has 34 heavy (non-hydrogen) atoms. The molecule has 0 aliphatic rings. The van der Waals surface area contributed by atoms with E-state index in [1.807, 2.05) is 32.2 Å². The van der Waals surface area contributed by atoms with Crippen LogP contribution in [0.4, 0.5) is 4.39 Å². The number of nitrogens with zero attached hydrogens (tertiary/aromatic N) is 1. The van der Waals surface area contributed by atoms with Gasteiger partial charge in [-0.15, -0.1) is 11.3 Å². The van der Waals surface area contributed by atoms with E-state index in [0.717, 1.165) is 0 Å². The zero-order chi connectivity index (χ0) is 24.9. The van der Waals surface area contributed by atoms with Crippen molar-refractivity contribution in [2.75, 3.05) is 14.2 Å². The number of methoxy groups -OCH3 is 2. The molecule has 0 spiro atoms. The van der Waals surface area contributed by atoms with Crippen molar-refractivity contribution in [3.63, 3.8) is 0 Å². The van der Waals surface area contributed by atoms with Crippen LogP contribution in [0.5, 0.6) is 11.5 Å². The van der Waals surface area contributed by atoms with Crippen LogP contribution in [0.2, 0.25) is 0 Å². The number of nitrogens with one attached hydrogen (secondary N) is 1. The van der Waals surface area contributed by atoms with E-state index in [2.05, 4.69) is 5.32 Å². The Balaban J connectivity index is 2.12. The Morgan fingerprint density at radius 3 is 2.32 bits per heavy atom. The monoisotopic (exact) mass is 484 g/mol. The number of ether oxygens (including phenoxy) is 2. The van der Waals surface area contributed by atoms with Crippen LogP contribution in [-0.4, -0.2) is 36.5 Å². The first-order valence-corrected chi connectivity index (χ1v) is 11.6. The van der Waals surface area contributed by atoms with Gasteiger partial charge < -0.3 is 19.7 Å². The average molecular weight is 485 g/mol. The maximum Gasteiger partial charge on any atom is 0.255 e. The molecule has 0 saturated heterocycles. The van der Waals surface area contributed by atoms with Gasteiger partial charge in [-0.3, -0.25) is 9.59 Å². The summed E-state index contributed by atoms with van der Waals surface area (Å²) in [6.45, 7) is 5.51. The molecule has 0 bridgehead atoms. The quantitative estimate of drug-likeness (QED) is 0.477. The van der Waals surface area contributed by atoms with E-state index in [4.69, 9.17) is 9.47 Å². The summed E-state index contributed by atoms with van der Waals surface area (Å²) in [4.78, 5) is 29.4. The molecule has 2 amide bonds. The lowest BCUT2D eigenvalue weighted by molar-refractivity contribution is -0.127. The lowest BCUT2D eigenvalue weighted by atomic mass is 10.0. The van der Waals surface area contributed by atoms with Crippen molar-refractivity contribution in [3.8, 4) is 11.5 Å². The molecule has 8 heteroatoms. The van der Waals surface area contributed by atoms with Gasteiger partial charge in [0.15, 0.2) is 11.5 Å². The third kappa shape index (κ3) is 5.94. The summed E-state index contributed by atoms with van der Waals surface area (Å²) in [6, 6.07) is 13.7. The number of benzene rings is 2. The third-order valence-electron chi connectivity index (χ3n) is 5.06. The van der Waals surface area contributed by atoms with Gasteiger partial charge in [-0.05, 0) is 56.5 Å². The standard InChI is InChI=1S/C26H29FN2O4S/c1-26(2,3)28-24(30)23(22-11-8-14-34-22)29(16-18-9-6-7-10-19(18)27)25(31)17-12-13-20(32-4)21(15-17)33-5/h6-15,23H,16H2,1-5H3,(H,28,30)/t23-/m0/s1. The van der Waals surface area contributed by atoms with Gasteiger partial charge in [0.2, 0.25) is 5.91 Å². The zero-order valence-electron chi connectivity index (χ0n) is 19.9. The SMILES string of the molecule is COc1ccc(C(=O)N(Cc2ccccc2F)[C@H](C(=O)NC(C)(C)C)c2cccs2)cc1OC. The second-order valence-corrected chi connectivity index (χ2v) is 9.73. The summed E-state index contributed by atoms with van der Waals surface area (Å²) >= 11 is 1.36. The number of carbonyl (C=O) groups excluding carboxylic acids is 2. The molecule has 0 unspecified atom stereocenters. The van der Waals surface area contributed by atoms with Crippen molar-refractivity contribution in [2.24, 2.45) is 0 Å². The molecule has 0 aliphatic heterocycles. The van der Waals surface area contributed by atoms with Crippen LogP contribution < -0.4 is 14.8 Å². The molecule has 0 radical (unpaired) electrons. The highest BCUT2D eigenvalue weighted by Gasteiger charge is 2.35. The topological polar surface area (TPSA) is 67.9 Å². The fourth-order valence-corrected chi connectivity index (χ4v) is 4.37. The second-order valence-electron chi connectivity index (χ2n) is 8.75. The van der Waals surface area contributed by atoms with Crippen LogP contribution in [-0.2, 0) is 11.3 Å². The number of carbonyl (C=O) groups is 2. The Hall–Kier alpha value is -3.39. The Morgan fingerprint density at radius 1 is 1.03 bits per heavy atom. The Morgan fingerprint density at radius 2 is 1.74 bits per heavy atom. The van der Waals surface area contributed by atoms with Gasteiger partial charge >= 0.3 is 0 Å². The van der Waals surface area contributed by atoms with Gasteiger partial charge in [0.1, 0.15) is 11.9 Å². The molecule has 1 atom stereocenters. The van der Waals surface area contributed by atoms with E-state index < -0.39 is 23.3 Å². The second kappa shape index (κ2) is 10.7. The van der Waals surface area contributed by atoms with Gasteiger partial charge in [-0.25, -0.2) is 4.39 Å². The number of halogens is 1. The molecule has 3 rings (SSSR count). The van der Waals surface area contributed by atoms with Gasteiger partial charge in [-0.2, -0.15) is 0 Å². The van der Waals surface area contributed by atoms with Gasteiger partial charge in [0.25, 0.3) is 5.91 Å². The van der Waals surface area contributed by atoms with Crippen LogP contribution >= 0.6 is 11.3 Å². The minimum Gasteiger partial charge on any atom is -0.493 e. The zero-order valence-corrected chi connectivity index (χ0v) is 20.7.